The lowest BCUT2D eigenvalue weighted by Gasteiger charge is -2.06. The monoisotopic (exact) mass is 379 g/mol. The summed E-state index contributed by atoms with van der Waals surface area (Å²) in [6.45, 7) is 2.45. The summed E-state index contributed by atoms with van der Waals surface area (Å²) in [6.07, 6.45) is 3.84. The molecule has 0 N–H and O–H groups in total. The molecule has 1 aromatic carbocycles. The van der Waals surface area contributed by atoms with E-state index in [0.717, 1.165) is 30.0 Å². The molecule has 0 amide bonds. The van der Waals surface area contributed by atoms with E-state index in [2.05, 4.69) is 6.92 Å². The number of ether oxygens (including phenoxy) is 2. The number of carbonyl (C=O) groups excluding carboxylic acids is 1. The van der Waals surface area contributed by atoms with E-state index in [1.165, 1.54) is 0 Å². The highest BCUT2D eigenvalue weighted by molar-refractivity contribution is 5.95. The third kappa shape index (κ3) is 5.06. The number of aryl methyl sites for hydroxylation is 1. The first-order chi connectivity index (χ1) is 10.7. The summed E-state index contributed by atoms with van der Waals surface area (Å²) < 4.78 is 12.4. The molecular weight excluding hydrogens is 358 g/mol. The zero-order valence-electron chi connectivity index (χ0n) is 13.7. The van der Waals surface area contributed by atoms with Crippen LogP contribution >= 0.6 is 0 Å². The van der Waals surface area contributed by atoms with Crippen molar-refractivity contribution in [2.45, 2.75) is 26.3 Å². The number of rotatable bonds is 7. The molecule has 2 rings (SSSR count). The first-order valence-corrected chi connectivity index (χ1v) is 7.41. The van der Waals surface area contributed by atoms with Crippen LogP contribution in [-0.2, 0) is 13.0 Å². The fourth-order valence-corrected chi connectivity index (χ4v) is 2.33. The van der Waals surface area contributed by atoms with Gasteiger partial charge in [0.25, 0.3) is 0 Å². The van der Waals surface area contributed by atoms with Crippen molar-refractivity contribution in [3.05, 3.63) is 53.9 Å². The highest BCUT2D eigenvalue weighted by Gasteiger charge is 2.17. The standard InChI is InChI=1S/C18H22NO3.BrH/c1-4-5-15-12-17(22-3)10-11-19(15)13-18(20)14-6-8-16(21-2)9-7-14;/h6-12H,4-5,13H2,1-3H3;1H/q+1;/p-1. The van der Waals surface area contributed by atoms with E-state index >= 15 is 0 Å². The van der Waals surface area contributed by atoms with Crippen molar-refractivity contribution in [3.8, 4) is 11.5 Å². The van der Waals surface area contributed by atoms with Gasteiger partial charge in [-0.3, -0.25) is 4.79 Å². The zero-order valence-corrected chi connectivity index (χ0v) is 15.3. The molecule has 0 saturated carbocycles. The minimum atomic E-state index is 0. The Kier molecular flexibility index (Phi) is 7.75. The molecule has 0 unspecified atom stereocenters. The molecular formula is C18H22BrNO3. The zero-order chi connectivity index (χ0) is 15.9. The van der Waals surface area contributed by atoms with Gasteiger partial charge in [-0.15, -0.1) is 0 Å². The van der Waals surface area contributed by atoms with Crippen LogP contribution in [0.4, 0.5) is 0 Å². The van der Waals surface area contributed by atoms with Crippen LogP contribution in [0.2, 0.25) is 0 Å². The number of hydrogen-bond acceptors (Lipinski definition) is 3. The number of ketones is 1. The summed E-state index contributed by atoms with van der Waals surface area (Å²) in [5.41, 5.74) is 1.79. The number of halogens is 1. The molecule has 124 valence electrons. The number of methoxy groups -OCH3 is 2. The smallest absolute Gasteiger partial charge is 0.227 e. The SMILES string of the molecule is CCCc1cc(OC)cc[n+]1CC(=O)c1ccc(OC)cc1.[Br-]. The summed E-state index contributed by atoms with van der Waals surface area (Å²) in [7, 11) is 3.26. The van der Waals surface area contributed by atoms with Crippen molar-refractivity contribution >= 4 is 5.78 Å². The van der Waals surface area contributed by atoms with Crippen LogP contribution in [0, 0.1) is 0 Å². The van der Waals surface area contributed by atoms with Gasteiger partial charge in [0.1, 0.15) is 11.5 Å². The molecule has 23 heavy (non-hydrogen) atoms. The number of pyridine rings is 1. The Labute approximate surface area is 147 Å². The predicted octanol–water partition coefficient (Wildman–Crippen LogP) is -0.169. The first kappa shape index (κ1) is 19.2. The van der Waals surface area contributed by atoms with Crippen molar-refractivity contribution < 1.29 is 35.8 Å². The molecule has 1 aromatic heterocycles. The fourth-order valence-electron chi connectivity index (χ4n) is 2.33. The lowest BCUT2D eigenvalue weighted by atomic mass is 10.1. The van der Waals surface area contributed by atoms with Gasteiger partial charge < -0.3 is 26.5 Å². The van der Waals surface area contributed by atoms with E-state index in [0.29, 0.717) is 12.1 Å². The minimum Gasteiger partial charge on any atom is -1.00 e. The Morgan fingerprint density at radius 3 is 2.26 bits per heavy atom. The Morgan fingerprint density at radius 1 is 1.04 bits per heavy atom. The Bertz CT molecular complexity index is 641. The van der Waals surface area contributed by atoms with E-state index in [1.54, 1.807) is 38.5 Å². The second-order valence-electron chi connectivity index (χ2n) is 5.09. The molecule has 0 aliphatic heterocycles. The first-order valence-electron chi connectivity index (χ1n) is 7.41. The van der Waals surface area contributed by atoms with Crippen molar-refractivity contribution in [1.82, 2.24) is 0 Å². The molecule has 0 bridgehead atoms. The minimum absolute atomic E-state index is 0. The number of aromatic nitrogens is 1. The summed E-state index contributed by atoms with van der Waals surface area (Å²) in [5, 5.41) is 0. The Morgan fingerprint density at radius 2 is 1.70 bits per heavy atom. The number of carbonyl (C=O) groups is 1. The second kappa shape index (κ2) is 9.30. The predicted molar refractivity (Wildman–Crippen MR) is 84.5 cm³/mol. The number of nitrogens with zero attached hydrogens (tertiary/aromatic N) is 1. The van der Waals surface area contributed by atoms with Crippen LogP contribution in [0.3, 0.4) is 0 Å². The van der Waals surface area contributed by atoms with Gasteiger partial charge in [-0.1, -0.05) is 6.92 Å². The van der Waals surface area contributed by atoms with Gasteiger partial charge in [0, 0.05) is 24.1 Å². The van der Waals surface area contributed by atoms with Crippen molar-refractivity contribution in [1.29, 1.82) is 0 Å². The third-order valence-corrected chi connectivity index (χ3v) is 3.56. The maximum absolute atomic E-state index is 12.4. The van der Waals surface area contributed by atoms with Gasteiger partial charge in [0.05, 0.1) is 14.2 Å². The average molecular weight is 380 g/mol. The molecule has 0 spiro atoms. The van der Waals surface area contributed by atoms with E-state index in [9.17, 15) is 4.79 Å². The van der Waals surface area contributed by atoms with Crippen LogP contribution in [0.25, 0.3) is 0 Å². The molecule has 5 heteroatoms. The normalized spacial score (nSPS) is 9.87. The third-order valence-electron chi connectivity index (χ3n) is 3.56. The summed E-state index contributed by atoms with van der Waals surface area (Å²) in [4.78, 5) is 12.4. The summed E-state index contributed by atoms with van der Waals surface area (Å²) in [5.74, 6) is 1.65. The van der Waals surface area contributed by atoms with Gasteiger partial charge >= 0.3 is 0 Å². The van der Waals surface area contributed by atoms with E-state index in [-0.39, 0.29) is 22.8 Å². The number of benzene rings is 1. The lowest BCUT2D eigenvalue weighted by Crippen LogP contribution is -3.00. The van der Waals surface area contributed by atoms with Crippen LogP contribution in [0.1, 0.15) is 29.4 Å². The largest absolute Gasteiger partial charge is 1.00 e. The quantitative estimate of drug-likeness (QED) is 0.495. The maximum atomic E-state index is 12.4. The highest BCUT2D eigenvalue weighted by Crippen LogP contribution is 2.13. The molecule has 1 heterocycles. The van der Waals surface area contributed by atoms with Crippen molar-refractivity contribution in [3.63, 3.8) is 0 Å². The number of hydrogen-bond donors (Lipinski definition) is 0. The maximum Gasteiger partial charge on any atom is 0.227 e. The fraction of sp³-hybridized carbons (Fsp3) is 0.333. The van der Waals surface area contributed by atoms with Crippen LogP contribution in [-0.4, -0.2) is 20.0 Å². The molecule has 0 aliphatic rings. The van der Waals surface area contributed by atoms with E-state index in [4.69, 9.17) is 9.47 Å². The molecule has 0 saturated heterocycles. The lowest BCUT2D eigenvalue weighted by molar-refractivity contribution is -0.690. The average Bonchev–Trinajstić information content (AvgIpc) is 2.56. The van der Waals surface area contributed by atoms with Gasteiger partial charge in [-0.25, -0.2) is 0 Å². The van der Waals surface area contributed by atoms with Crippen LogP contribution < -0.4 is 31.0 Å². The molecule has 2 aromatic rings. The van der Waals surface area contributed by atoms with Gasteiger partial charge in [0.15, 0.2) is 11.9 Å². The van der Waals surface area contributed by atoms with Gasteiger partial charge in [-0.2, -0.15) is 4.57 Å². The molecule has 0 atom stereocenters. The second-order valence-corrected chi connectivity index (χ2v) is 5.09. The highest BCUT2D eigenvalue weighted by atomic mass is 79.9. The molecule has 0 aliphatic carbocycles. The van der Waals surface area contributed by atoms with Gasteiger partial charge in [0.2, 0.25) is 12.3 Å². The summed E-state index contributed by atoms with van der Waals surface area (Å²) in [6, 6.07) is 11.1. The van der Waals surface area contributed by atoms with Gasteiger partial charge in [-0.05, 0) is 30.7 Å². The summed E-state index contributed by atoms with van der Waals surface area (Å²) >= 11 is 0. The molecule has 4 nitrogen and oxygen atoms in total. The van der Waals surface area contributed by atoms with Crippen molar-refractivity contribution in [2.75, 3.05) is 14.2 Å². The Hall–Kier alpha value is -1.88. The molecule has 0 fully saturated rings. The van der Waals surface area contributed by atoms with Crippen LogP contribution in [0.15, 0.2) is 42.6 Å². The van der Waals surface area contributed by atoms with Crippen molar-refractivity contribution in [2.24, 2.45) is 0 Å². The Balaban J connectivity index is 0.00000264. The topological polar surface area (TPSA) is 39.4 Å². The number of Topliss-reactive ketones (excluding diaryl/α,β-unsaturated/α-hetero) is 1. The molecule has 0 radical (unpaired) electrons. The van der Waals surface area contributed by atoms with Crippen LogP contribution in [0.5, 0.6) is 11.5 Å². The van der Waals surface area contributed by atoms with E-state index in [1.807, 2.05) is 22.9 Å². The van der Waals surface area contributed by atoms with E-state index < -0.39 is 0 Å².